The molecular weight excluding hydrogens is 290 g/mol. The fourth-order valence-corrected chi connectivity index (χ4v) is 5.38. The number of aryl methyl sites for hydroxylation is 2. The van der Waals surface area contributed by atoms with E-state index < -0.39 is 11.3 Å². The zero-order valence-corrected chi connectivity index (χ0v) is 14.0. The van der Waals surface area contributed by atoms with Crippen molar-refractivity contribution in [2.45, 2.75) is 40.5 Å². The van der Waals surface area contributed by atoms with Crippen LogP contribution in [0.1, 0.15) is 37.8 Å². The number of hydrogen-bond donors (Lipinski definition) is 0. The number of anilines is 1. The van der Waals surface area contributed by atoms with Gasteiger partial charge in [-0.3, -0.25) is 14.4 Å². The third-order valence-corrected chi connectivity index (χ3v) is 6.31. The summed E-state index contributed by atoms with van der Waals surface area (Å²) < 4.78 is 0. The minimum Gasteiger partial charge on any atom is -0.299 e. The predicted molar refractivity (Wildman–Crippen MR) is 85.8 cm³/mol. The second kappa shape index (κ2) is 4.11. The fraction of sp³-hybridized carbons (Fsp3) is 0.526. The molecule has 4 nitrogen and oxygen atoms in total. The average Bonchev–Trinajstić information content (AvgIpc) is 2.94. The number of nitrogens with zero attached hydrogens (tertiary/aromatic N) is 1. The Hall–Kier alpha value is -1.97. The second-order valence-corrected chi connectivity index (χ2v) is 8.11. The average molecular weight is 311 g/mol. The minimum absolute atomic E-state index is 0.120. The van der Waals surface area contributed by atoms with E-state index in [2.05, 4.69) is 0 Å². The SMILES string of the molecule is Cc1ccc(N2C(=O)[C@@H]3[C@H](C2=O)[C@]2(C)CC(=O)[C@]3(C)C2)c(C)c1. The summed E-state index contributed by atoms with van der Waals surface area (Å²) in [6.45, 7) is 7.78. The van der Waals surface area contributed by atoms with Gasteiger partial charge in [0.2, 0.25) is 11.8 Å². The highest BCUT2D eigenvalue weighted by Crippen LogP contribution is 2.68. The largest absolute Gasteiger partial charge is 0.299 e. The highest BCUT2D eigenvalue weighted by atomic mass is 16.2. The molecule has 120 valence electrons. The van der Waals surface area contributed by atoms with Crippen LogP contribution in [-0.2, 0) is 14.4 Å². The van der Waals surface area contributed by atoms with Gasteiger partial charge in [-0.05, 0) is 37.3 Å². The van der Waals surface area contributed by atoms with E-state index in [0.29, 0.717) is 18.5 Å². The number of carbonyl (C=O) groups is 3. The molecule has 4 rings (SSSR count). The maximum absolute atomic E-state index is 13.1. The molecule has 0 spiro atoms. The summed E-state index contributed by atoms with van der Waals surface area (Å²) in [5.74, 6) is -0.998. The number of Topliss-reactive ketones (excluding diaryl/α,β-unsaturated/α-hetero) is 1. The van der Waals surface area contributed by atoms with Gasteiger partial charge >= 0.3 is 0 Å². The van der Waals surface area contributed by atoms with Crippen molar-refractivity contribution in [3.63, 3.8) is 0 Å². The maximum Gasteiger partial charge on any atom is 0.238 e. The van der Waals surface area contributed by atoms with Crippen LogP contribution in [0.15, 0.2) is 18.2 Å². The molecule has 2 amide bonds. The number of ketones is 1. The summed E-state index contributed by atoms with van der Waals surface area (Å²) in [7, 11) is 0. The number of rotatable bonds is 1. The first-order valence-corrected chi connectivity index (χ1v) is 8.17. The predicted octanol–water partition coefficient (Wildman–Crippen LogP) is 2.80. The van der Waals surface area contributed by atoms with Crippen LogP contribution in [0.25, 0.3) is 0 Å². The molecule has 1 saturated heterocycles. The van der Waals surface area contributed by atoms with E-state index >= 15 is 0 Å². The van der Waals surface area contributed by atoms with E-state index in [-0.39, 0.29) is 28.9 Å². The van der Waals surface area contributed by atoms with Gasteiger partial charge in [-0.2, -0.15) is 0 Å². The Morgan fingerprint density at radius 3 is 2.35 bits per heavy atom. The first-order valence-electron chi connectivity index (χ1n) is 8.17. The number of hydrogen-bond acceptors (Lipinski definition) is 3. The zero-order chi connectivity index (χ0) is 16.7. The van der Waals surface area contributed by atoms with Crippen LogP contribution in [0.4, 0.5) is 5.69 Å². The molecule has 23 heavy (non-hydrogen) atoms. The van der Waals surface area contributed by atoms with E-state index in [1.54, 1.807) is 0 Å². The summed E-state index contributed by atoms with van der Waals surface area (Å²) in [5, 5.41) is 0. The molecular formula is C19H21NO3. The minimum atomic E-state index is -0.667. The van der Waals surface area contributed by atoms with E-state index in [9.17, 15) is 14.4 Å². The van der Waals surface area contributed by atoms with Crippen LogP contribution in [0.3, 0.4) is 0 Å². The van der Waals surface area contributed by atoms with E-state index in [1.807, 2.05) is 45.9 Å². The first kappa shape index (κ1) is 14.6. The number of benzene rings is 1. The normalized spacial score (nSPS) is 38.6. The number of fused-ring (bicyclic) bond motifs is 5. The third-order valence-electron chi connectivity index (χ3n) is 6.31. The molecule has 3 fully saturated rings. The maximum atomic E-state index is 13.1. The molecule has 1 aromatic rings. The van der Waals surface area contributed by atoms with Gasteiger partial charge in [-0.1, -0.05) is 31.5 Å². The Morgan fingerprint density at radius 1 is 1.04 bits per heavy atom. The highest BCUT2D eigenvalue weighted by Gasteiger charge is 2.74. The Kier molecular flexibility index (Phi) is 2.61. The Balaban J connectivity index is 1.84. The third kappa shape index (κ3) is 1.59. The van der Waals surface area contributed by atoms with Crippen molar-refractivity contribution in [1.29, 1.82) is 0 Å². The Labute approximate surface area is 135 Å². The molecule has 2 bridgehead atoms. The van der Waals surface area contributed by atoms with Gasteiger partial charge in [0.1, 0.15) is 5.78 Å². The van der Waals surface area contributed by atoms with Crippen LogP contribution < -0.4 is 4.90 Å². The Bertz CT molecular complexity index is 783. The van der Waals surface area contributed by atoms with Crippen LogP contribution in [0.5, 0.6) is 0 Å². The Morgan fingerprint density at radius 2 is 1.70 bits per heavy atom. The first-order chi connectivity index (χ1) is 10.7. The van der Waals surface area contributed by atoms with Crippen molar-refractivity contribution in [2.24, 2.45) is 22.7 Å². The van der Waals surface area contributed by atoms with Gasteiger partial charge in [0.15, 0.2) is 0 Å². The van der Waals surface area contributed by atoms with Crippen LogP contribution in [0.2, 0.25) is 0 Å². The highest BCUT2D eigenvalue weighted by molar-refractivity contribution is 6.25. The lowest BCUT2D eigenvalue weighted by Crippen LogP contribution is -2.40. The fourth-order valence-electron chi connectivity index (χ4n) is 5.38. The molecule has 1 heterocycles. The molecule has 0 radical (unpaired) electrons. The summed E-state index contributed by atoms with van der Waals surface area (Å²) in [5.41, 5.74) is 1.65. The van der Waals surface area contributed by atoms with E-state index in [0.717, 1.165) is 11.1 Å². The molecule has 2 aliphatic carbocycles. The molecule has 3 aliphatic rings. The standard InChI is InChI=1S/C19H21NO3/c1-10-5-6-12(11(2)7-10)20-16(22)14-15(17(20)23)19(4)9-18(14,3)8-13(19)21/h5-7,14-15H,8-9H2,1-4H3/t14-,15+,18-,19+/m1/s1. The van der Waals surface area contributed by atoms with Gasteiger partial charge < -0.3 is 0 Å². The van der Waals surface area contributed by atoms with Gasteiger partial charge in [-0.15, -0.1) is 0 Å². The van der Waals surface area contributed by atoms with Crippen LogP contribution in [-0.4, -0.2) is 17.6 Å². The lowest BCUT2D eigenvalue weighted by atomic mass is 9.68. The van der Waals surface area contributed by atoms with Gasteiger partial charge in [0.25, 0.3) is 0 Å². The molecule has 4 heteroatoms. The number of imide groups is 1. The molecule has 1 aliphatic heterocycles. The molecule has 0 aromatic heterocycles. The van der Waals surface area contributed by atoms with Crippen LogP contribution >= 0.6 is 0 Å². The van der Waals surface area contributed by atoms with E-state index in [4.69, 9.17) is 0 Å². The van der Waals surface area contributed by atoms with Crippen molar-refractivity contribution >= 4 is 23.3 Å². The summed E-state index contributed by atoms with van der Waals surface area (Å²) in [6.07, 6.45) is 1.08. The number of carbonyl (C=O) groups excluding carboxylic acids is 3. The molecule has 1 aromatic carbocycles. The monoisotopic (exact) mass is 311 g/mol. The van der Waals surface area contributed by atoms with Crippen molar-refractivity contribution in [1.82, 2.24) is 0 Å². The summed E-state index contributed by atoms with van der Waals surface area (Å²) in [4.78, 5) is 39.9. The van der Waals surface area contributed by atoms with E-state index in [1.165, 1.54) is 4.90 Å². The molecule has 4 atom stereocenters. The number of amides is 2. The van der Waals surface area contributed by atoms with Gasteiger partial charge in [0, 0.05) is 11.8 Å². The van der Waals surface area contributed by atoms with Gasteiger partial charge in [-0.25, -0.2) is 4.90 Å². The van der Waals surface area contributed by atoms with Gasteiger partial charge in [0.05, 0.1) is 17.5 Å². The summed E-state index contributed by atoms with van der Waals surface area (Å²) >= 11 is 0. The zero-order valence-electron chi connectivity index (χ0n) is 14.0. The topological polar surface area (TPSA) is 54.5 Å². The summed E-state index contributed by atoms with van der Waals surface area (Å²) in [6, 6.07) is 5.74. The van der Waals surface area contributed by atoms with Crippen molar-refractivity contribution < 1.29 is 14.4 Å². The van der Waals surface area contributed by atoms with Crippen molar-refractivity contribution in [2.75, 3.05) is 4.90 Å². The second-order valence-electron chi connectivity index (χ2n) is 8.11. The van der Waals surface area contributed by atoms with Crippen molar-refractivity contribution in [3.8, 4) is 0 Å². The molecule has 0 unspecified atom stereocenters. The smallest absolute Gasteiger partial charge is 0.238 e. The lowest BCUT2D eigenvalue weighted by Gasteiger charge is -2.30. The lowest BCUT2D eigenvalue weighted by molar-refractivity contribution is -0.138. The molecule has 0 N–H and O–H groups in total. The van der Waals surface area contributed by atoms with Crippen LogP contribution in [0, 0.1) is 36.5 Å². The van der Waals surface area contributed by atoms with Crippen molar-refractivity contribution in [3.05, 3.63) is 29.3 Å². The molecule has 2 saturated carbocycles. The quantitative estimate of drug-likeness (QED) is 0.749.